The van der Waals surface area contributed by atoms with E-state index in [4.69, 9.17) is 4.74 Å². The third kappa shape index (κ3) is 6.31. The standard InChI is InChI=1S/C25H29N5O2/c1-5-30(6-2)23-17-18(3)26-25(29-23)28-21-12-10-20(11-13-21)27-24(31)16-9-19-7-14-22(32-4)15-8-19/h7-17H,5-6H2,1-4H3,(H,27,31)(H,26,28,29)/b16-9+. The van der Waals surface area contributed by atoms with Gasteiger partial charge in [-0.15, -0.1) is 0 Å². The number of carbonyl (C=O) groups is 1. The summed E-state index contributed by atoms with van der Waals surface area (Å²) >= 11 is 0. The number of hydrogen-bond donors (Lipinski definition) is 2. The van der Waals surface area contributed by atoms with Gasteiger partial charge in [0.25, 0.3) is 0 Å². The Morgan fingerprint density at radius 1 is 1.00 bits per heavy atom. The van der Waals surface area contributed by atoms with Crippen molar-refractivity contribution in [2.24, 2.45) is 0 Å². The van der Waals surface area contributed by atoms with Gasteiger partial charge in [0.2, 0.25) is 11.9 Å². The topological polar surface area (TPSA) is 79.4 Å². The molecular formula is C25H29N5O2. The first-order valence-electron chi connectivity index (χ1n) is 10.6. The van der Waals surface area contributed by atoms with Crippen molar-refractivity contribution in [3.8, 4) is 5.75 Å². The molecule has 0 atom stereocenters. The molecule has 0 saturated heterocycles. The predicted octanol–water partition coefficient (Wildman–Crippen LogP) is 5.04. The van der Waals surface area contributed by atoms with E-state index in [9.17, 15) is 4.79 Å². The molecule has 32 heavy (non-hydrogen) atoms. The number of rotatable bonds is 9. The maximum Gasteiger partial charge on any atom is 0.248 e. The number of carbonyl (C=O) groups excluding carboxylic acids is 1. The number of benzene rings is 2. The summed E-state index contributed by atoms with van der Waals surface area (Å²) in [5.74, 6) is 2.02. The van der Waals surface area contributed by atoms with E-state index in [2.05, 4.69) is 39.3 Å². The molecule has 1 aromatic heterocycles. The van der Waals surface area contributed by atoms with Gasteiger partial charge in [0.05, 0.1) is 7.11 Å². The lowest BCUT2D eigenvalue weighted by atomic mass is 10.2. The van der Waals surface area contributed by atoms with Crippen molar-refractivity contribution < 1.29 is 9.53 Å². The van der Waals surface area contributed by atoms with Crippen molar-refractivity contribution >= 4 is 35.1 Å². The summed E-state index contributed by atoms with van der Waals surface area (Å²) < 4.78 is 5.13. The number of hydrogen-bond acceptors (Lipinski definition) is 6. The maximum absolute atomic E-state index is 12.2. The normalized spacial score (nSPS) is 10.8. The van der Waals surface area contributed by atoms with Gasteiger partial charge in [0.15, 0.2) is 0 Å². The second kappa shape index (κ2) is 10.9. The van der Waals surface area contributed by atoms with Gasteiger partial charge in [-0.05, 0) is 68.8 Å². The highest BCUT2D eigenvalue weighted by Gasteiger charge is 2.08. The lowest BCUT2D eigenvalue weighted by Crippen LogP contribution is -2.23. The largest absolute Gasteiger partial charge is 0.497 e. The molecule has 7 nitrogen and oxygen atoms in total. The van der Waals surface area contributed by atoms with Gasteiger partial charge >= 0.3 is 0 Å². The molecule has 0 spiro atoms. The van der Waals surface area contributed by atoms with Crippen LogP contribution >= 0.6 is 0 Å². The number of nitrogens with zero attached hydrogens (tertiary/aromatic N) is 3. The molecule has 2 N–H and O–H groups in total. The van der Waals surface area contributed by atoms with E-state index < -0.39 is 0 Å². The van der Waals surface area contributed by atoms with E-state index in [0.29, 0.717) is 11.6 Å². The Kier molecular flexibility index (Phi) is 7.80. The minimum Gasteiger partial charge on any atom is -0.497 e. The summed E-state index contributed by atoms with van der Waals surface area (Å²) in [6.07, 6.45) is 3.26. The van der Waals surface area contributed by atoms with Gasteiger partial charge in [-0.2, -0.15) is 4.98 Å². The van der Waals surface area contributed by atoms with Gasteiger partial charge in [-0.1, -0.05) is 12.1 Å². The highest BCUT2D eigenvalue weighted by atomic mass is 16.5. The molecule has 0 aliphatic carbocycles. The van der Waals surface area contributed by atoms with E-state index >= 15 is 0 Å². The van der Waals surface area contributed by atoms with Crippen LogP contribution in [0, 0.1) is 6.92 Å². The molecule has 0 aliphatic heterocycles. The Morgan fingerprint density at radius 3 is 2.28 bits per heavy atom. The lowest BCUT2D eigenvalue weighted by molar-refractivity contribution is -0.111. The first-order valence-corrected chi connectivity index (χ1v) is 10.6. The van der Waals surface area contributed by atoms with Crippen molar-refractivity contribution in [2.75, 3.05) is 35.7 Å². The van der Waals surface area contributed by atoms with Crippen LogP contribution in [0.3, 0.4) is 0 Å². The van der Waals surface area contributed by atoms with E-state index in [1.165, 1.54) is 6.08 Å². The number of amides is 1. The highest BCUT2D eigenvalue weighted by Crippen LogP contribution is 2.20. The van der Waals surface area contributed by atoms with Crippen molar-refractivity contribution in [2.45, 2.75) is 20.8 Å². The molecule has 3 rings (SSSR count). The average molecular weight is 432 g/mol. The van der Waals surface area contributed by atoms with Crippen LogP contribution < -0.4 is 20.3 Å². The first-order chi connectivity index (χ1) is 15.5. The van der Waals surface area contributed by atoms with Crippen LogP contribution in [0.2, 0.25) is 0 Å². The molecule has 0 bridgehead atoms. The Morgan fingerprint density at radius 2 is 1.66 bits per heavy atom. The monoisotopic (exact) mass is 431 g/mol. The van der Waals surface area contributed by atoms with Crippen LogP contribution in [0.25, 0.3) is 6.08 Å². The number of aromatic nitrogens is 2. The fourth-order valence-corrected chi connectivity index (χ4v) is 3.15. The molecule has 1 amide bonds. The zero-order chi connectivity index (χ0) is 22.9. The van der Waals surface area contributed by atoms with Crippen LogP contribution in [0.4, 0.5) is 23.1 Å². The summed E-state index contributed by atoms with van der Waals surface area (Å²) in [7, 11) is 1.62. The molecular weight excluding hydrogens is 402 g/mol. The fraction of sp³-hybridized carbons (Fsp3) is 0.240. The zero-order valence-corrected chi connectivity index (χ0v) is 18.9. The minimum atomic E-state index is -0.201. The van der Waals surface area contributed by atoms with Crippen molar-refractivity contribution in [3.63, 3.8) is 0 Å². The highest BCUT2D eigenvalue weighted by molar-refractivity contribution is 6.02. The van der Waals surface area contributed by atoms with Gasteiger partial charge in [-0.3, -0.25) is 4.79 Å². The number of ether oxygens (including phenoxy) is 1. The van der Waals surface area contributed by atoms with Crippen LogP contribution in [-0.2, 0) is 4.79 Å². The second-order valence-electron chi connectivity index (χ2n) is 7.16. The molecule has 0 saturated carbocycles. The van der Waals surface area contributed by atoms with E-state index in [-0.39, 0.29) is 5.91 Å². The quantitative estimate of drug-likeness (QED) is 0.462. The molecule has 1 heterocycles. The number of methoxy groups -OCH3 is 1. The van der Waals surface area contributed by atoms with Gasteiger partial charge in [-0.25, -0.2) is 4.98 Å². The lowest BCUT2D eigenvalue weighted by Gasteiger charge is -2.20. The molecule has 3 aromatic rings. The summed E-state index contributed by atoms with van der Waals surface area (Å²) in [5.41, 5.74) is 3.36. The summed E-state index contributed by atoms with van der Waals surface area (Å²) in [6.45, 7) is 7.93. The Labute approximate surface area is 189 Å². The van der Waals surface area contributed by atoms with Crippen molar-refractivity contribution in [1.29, 1.82) is 0 Å². The molecule has 0 unspecified atom stereocenters. The van der Waals surface area contributed by atoms with Gasteiger partial charge in [0.1, 0.15) is 11.6 Å². The van der Waals surface area contributed by atoms with Gasteiger partial charge < -0.3 is 20.3 Å². The summed E-state index contributed by atoms with van der Waals surface area (Å²) in [4.78, 5) is 23.5. The predicted molar refractivity (Wildman–Crippen MR) is 131 cm³/mol. The van der Waals surface area contributed by atoms with E-state index in [0.717, 1.165) is 41.6 Å². The molecule has 2 aromatic carbocycles. The molecule has 0 radical (unpaired) electrons. The summed E-state index contributed by atoms with van der Waals surface area (Å²) in [5, 5.41) is 6.10. The number of anilines is 4. The second-order valence-corrected chi connectivity index (χ2v) is 7.16. The first kappa shape index (κ1) is 22.8. The fourth-order valence-electron chi connectivity index (χ4n) is 3.15. The molecule has 166 valence electrons. The van der Waals surface area contributed by atoms with Crippen LogP contribution in [0.15, 0.2) is 60.7 Å². The van der Waals surface area contributed by atoms with E-state index in [1.54, 1.807) is 13.2 Å². The SMILES string of the molecule is CCN(CC)c1cc(C)nc(Nc2ccc(NC(=O)/C=C/c3ccc(OC)cc3)cc2)n1. The Balaban J connectivity index is 1.61. The van der Waals surface area contributed by atoms with Crippen molar-refractivity contribution in [1.82, 2.24) is 9.97 Å². The summed E-state index contributed by atoms with van der Waals surface area (Å²) in [6, 6.07) is 16.9. The third-order valence-electron chi connectivity index (χ3n) is 4.88. The van der Waals surface area contributed by atoms with Crippen molar-refractivity contribution in [3.05, 3.63) is 71.9 Å². The maximum atomic E-state index is 12.2. The van der Waals surface area contributed by atoms with E-state index in [1.807, 2.05) is 61.5 Å². The smallest absolute Gasteiger partial charge is 0.248 e. The van der Waals surface area contributed by atoms with Crippen LogP contribution in [-0.4, -0.2) is 36.1 Å². The minimum absolute atomic E-state index is 0.201. The van der Waals surface area contributed by atoms with Crippen LogP contribution in [0.5, 0.6) is 5.75 Å². The number of aryl methyl sites for hydroxylation is 1. The molecule has 0 aliphatic rings. The average Bonchev–Trinajstić information content (AvgIpc) is 2.80. The Hall–Kier alpha value is -3.87. The zero-order valence-electron chi connectivity index (χ0n) is 18.9. The molecule has 0 fully saturated rings. The van der Waals surface area contributed by atoms with Crippen LogP contribution in [0.1, 0.15) is 25.1 Å². The molecule has 7 heteroatoms. The third-order valence-corrected chi connectivity index (χ3v) is 4.88. The Bertz CT molecular complexity index is 1060. The van der Waals surface area contributed by atoms with Gasteiger partial charge in [0, 0.05) is 42.3 Å². The number of nitrogens with one attached hydrogen (secondary N) is 2.